The van der Waals surface area contributed by atoms with Gasteiger partial charge in [-0.2, -0.15) is 0 Å². The van der Waals surface area contributed by atoms with Gasteiger partial charge >= 0.3 is 0 Å². The topological polar surface area (TPSA) is 56.8 Å². The summed E-state index contributed by atoms with van der Waals surface area (Å²) in [7, 11) is 1.44. The fraction of sp³-hybridized carbons (Fsp3) is 0.500. The number of benzene rings is 1. The molecule has 1 aliphatic rings. The molecule has 0 radical (unpaired) electrons. The predicted molar refractivity (Wildman–Crippen MR) is 80.3 cm³/mol. The van der Waals surface area contributed by atoms with E-state index < -0.39 is 0 Å². The Bertz CT molecular complexity index is 504. The third-order valence-corrected chi connectivity index (χ3v) is 3.66. The van der Waals surface area contributed by atoms with Gasteiger partial charge in [-0.1, -0.05) is 23.2 Å². The average molecular weight is 334 g/mol. The summed E-state index contributed by atoms with van der Waals surface area (Å²) in [6.45, 7) is 1.79. The first-order valence-electron chi connectivity index (χ1n) is 6.67. The van der Waals surface area contributed by atoms with Gasteiger partial charge in [0.1, 0.15) is 5.56 Å². The van der Waals surface area contributed by atoms with Crippen LogP contribution in [0.5, 0.6) is 5.75 Å². The van der Waals surface area contributed by atoms with E-state index in [0.29, 0.717) is 36.2 Å². The van der Waals surface area contributed by atoms with Crippen molar-refractivity contribution < 1.29 is 19.0 Å². The Morgan fingerprint density at radius 3 is 2.67 bits per heavy atom. The second-order valence-electron chi connectivity index (χ2n) is 4.51. The van der Waals surface area contributed by atoms with E-state index in [1.807, 2.05) is 0 Å². The minimum absolute atomic E-state index is 0.233. The van der Waals surface area contributed by atoms with Gasteiger partial charge in [-0.05, 0) is 18.6 Å². The highest BCUT2D eigenvalue weighted by Crippen LogP contribution is 2.33. The molecule has 7 heteroatoms. The van der Waals surface area contributed by atoms with Gasteiger partial charge in [0.15, 0.2) is 12.0 Å². The van der Waals surface area contributed by atoms with Crippen molar-refractivity contribution >= 4 is 29.1 Å². The van der Waals surface area contributed by atoms with E-state index in [4.69, 9.17) is 37.4 Å². The number of carbonyl (C=O) groups excluding carboxylic acids is 1. The molecular formula is C14H17Cl2NO4. The average Bonchev–Trinajstić information content (AvgIpc) is 2.50. The molecule has 5 nitrogen and oxygen atoms in total. The monoisotopic (exact) mass is 333 g/mol. The molecule has 1 fully saturated rings. The van der Waals surface area contributed by atoms with Crippen molar-refractivity contribution in [2.45, 2.75) is 19.1 Å². The number of halogens is 2. The molecule has 1 aromatic rings. The highest BCUT2D eigenvalue weighted by atomic mass is 35.5. The molecule has 1 saturated heterocycles. The smallest absolute Gasteiger partial charge is 0.256 e. The van der Waals surface area contributed by atoms with E-state index in [2.05, 4.69) is 5.32 Å². The van der Waals surface area contributed by atoms with Crippen molar-refractivity contribution in [3.05, 3.63) is 27.7 Å². The molecule has 0 spiro atoms. The van der Waals surface area contributed by atoms with Crippen molar-refractivity contribution in [1.29, 1.82) is 0 Å². The van der Waals surface area contributed by atoms with E-state index in [1.54, 1.807) is 12.1 Å². The number of rotatable bonds is 5. The first-order valence-corrected chi connectivity index (χ1v) is 7.42. The molecule has 1 N–H and O–H groups in total. The minimum Gasteiger partial charge on any atom is -0.494 e. The van der Waals surface area contributed by atoms with Gasteiger partial charge in [0, 0.05) is 13.0 Å². The molecule has 0 unspecified atom stereocenters. The van der Waals surface area contributed by atoms with Gasteiger partial charge in [-0.25, -0.2) is 0 Å². The first kappa shape index (κ1) is 16.4. The zero-order chi connectivity index (χ0) is 15.2. The van der Waals surface area contributed by atoms with Crippen LogP contribution in [-0.2, 0) is 9.47 Å². The number of ether oxygens (including phenoxy) is 3. The van der Waals surface area contributed by atoms with E-state index in [-0.39, 0.29) is 23.5 Å². The van der Waals surface area contributed by atoms with Crippen molar-refractivity contribution in [3.8, 4) is 5.75 Å². The zero-order valence-electron chi connectivity index (χ0n) is 11.7. The SMILES string of the molecule is COc1c(Cl)ccc(Cl)c1C(=O)NCCC1OCCCO1. The number of carbonyl (C=O) groups is 1. The molecule has 1 aromatic carbocycles. The summed E-state index contributed by atoms with van der Waals surface area (Å²) in [4.78, 5) is 12.2. The van der Waals surface area contributed by atoms with Crippen LogP contribution in [0.15, 0.2) is 12.1 Å². The lowest BCUT2D eigenvalue weighted by atomic mass is 10.2. The Hall–Kier alpha value is -1.01. The van der Waals surface area contributed by atoms with Crippen LogP contribution in [0, 0.1) is 0 Å². The van der Waals surface area contributed by atoms with Crippen LogP contribution in [0.1, 0.15) is 23.2 Å². The molecule has 116 valence electrons. The van der Waals surface area contributed by atoms with E-state index >= 15 is 0 Å². The normalized spacial score (nSPS) is 15.8. The Kier molecular flexibility index (Phi) is 6.11. The molecule has 1 aliphatic heterocycles. The number of hydrogen-bond acceptors (Lipinski definition) is 4. The fourth-order valence-corrected chi connectivity index (χ4v) is 2.51. The van der Waals surface area contributed by atoms with Crippen LogP contribution < -0.4 is 10.1 Å². The Balaban J connectivity index is 1.95. The number of nitrogens with one attached hydrogen (secondary N) is 1. The standard InChI is InChI=1S/C14H17Cl2NO4/c1-19-13-10(16)4-3-9(15)12(13)14(18)17-6-5-11-20-7-2-8-21-11/h3-4,11H,2,5-8H2,1H3,(H,17,18). The van der Waals surface area contributed by atoms with Crippen LogP contribution in [0.3, 0.4) is 0 Å². The highest BCUT2D eigenvalue weighted by molar-refractivity contribution is 6.37. The van der Waals surface area contributed by atoms with Gasteiger partial charge < -0.3 is 19.5 Å². The number of methoxy groups -OCH3 is 1. The molecule has 1 amide bonds. The van der Waals surface area contributed by atoms with Crippen LogP contribution in [0.4, 0.5) is 0 Å². The van der Waals surface area contributed by atoms with Crippen LogP contribution in [-0.4, -0.2) is 39.1 Å². The Morgan fingerprint density at radius 2 is 2.00 bits per heavy atom. The number of amides is 1. The lowest BCUT2D eigenvalue weighted by Gasteiger charge is -2.23. The van der Waals surface area contributed by atoms with E-state index in [0.717, 1.165) is 6.42 Å². The van der Waals surface area contributed by atoms with Crippen molar-refractivity contribution in [2.24, 2.45) is 0 Å². The molecule has 21 heavy (non-hydrogen) atoms. The minimum atomic E-state index is -0.338. The summed E-state index contributed by atoms with van der Waals surface area (Å²) in [5.41, 5.74) is 0.233. The van der Waals surface area contributed by atoms with Crippen LogP contribution >= 0.6 is 23.2 Å². The van der Waals surface area contributed by atoms with Crippen molar-refractivity contribution in [2.75, 3.05) is 26.9 Å². The molecule has 0 bridgehead atoms. The van der Waals surface area contributed by atoms with Gasteiger partial charge in [0.25, 0.3) is 5.91 Å². The molecular weight excluding hydrogens is 317 g/mol. The molecule has 1 heterocycles. The third kappa shape index (κ3) is 4.23. The lowest BCUT2D eigenvalue weighted by molar-refractivity contribution is -0.180. The van der Waals surface area contributed by atoms with Crippen LogP contribution in [0.2, 0.25) is 10.0 Å². The summed E-state index contributed by atoms with van der Waals surface area (Å²) in [5, 5.41) is 3.40. The quantitative estimate of drug-likeness (QED) is 0.900. The summed E-state index contributed by atoms with van der Waals surface area (Å²) >= 11 is 12.1. The molecule has 0 aliphatic carbocycles. The Morgan fingerprint density at radius 1 is 1.33 bits per heavy atom. The molecule has 0 atom stereocenters. The fourth-order valence-electron chi connectivity index (χ4n) is 2.04. The van der Waals surface area contributed by atoms with Gasteiger partial charge in [-0.15, -0.1) is 0 Å². The van der Waals surface area contributed by atoms with E-state index in [1.165, 1.54) is 7.11 Å². The molecule has 0 aromatic heterocycles. The van der Waals surface area contributed by atoms with Gasteiger partial charge in [0.05, 0.1) is 30.4 Å². The number of hydrogen-bond donors (Lipinski definition) is 1. The Labute approximate surface area is 133 Å². The highest BCUT2D eigenvalue weighted by Gasteiger charge is 2.20. The third-order valence-electron chi connectivity index (χ3n) is 3.05. The molecule has 2 rings (SSSR count). The second kappa shape index (κ2) is 7.84. The maximum absolute atomic E-state index is 12.2. The maximum Gasteiger partial charge on any atom is 0.256 e. The summed E-state index contributed by atoms with van der Waals surface area (Å²) in [6.07, 6.45) is 1.21. The summed E-state index contributed by atoms with van der Waals surface area (Å²) < 4.78 is 16.0. The lowest BCUT2D eigenvalue weighted by Crippen LogP contribution is -2.32. The maximum atomic E-state index is 12.2. The summed E-state index contributed by atoms with van der Waals surface area (Å²) in [5.74, 6) is -0.0676. The van der Waals surface area contributed by atoms with Crippen molar-refractivity contribution in [3.63, 3.8) is 0 Å². The predicted octanol–water partition coefficient (Wildman–Crippen LogP) is 2.88. The molecule has 0 saturated carbocycles. The first-order chi connectivity index (χ1) is 10.1. The largest absolute Gasteiger partial charge is 0.494 e. The van der Waals surface area contributed by atoms with E-state index in [9.17, 15) is 4.79 Å². The van der Waals surface area contributed by atoms with Gasteiger partial charge in [0.2, 0.25) is 0 Å². The van der Waals surface area contributed by atoms with Crippen LogP contribution in [0.25, 0.3) is 0 Å². The zero-order valence-corrected chi connectivity index (χ0v) is 13.2. The second-order valence-corrected chi connectivity index (χ2v) is 5.32. The van der Waals surface area contributed by atoms with Gasteiger partial charge in [-0.3, -0.25) is 4.79 Å². The van der Waals surface area contributed by atoms with Crippen molar-refractivity contribution in [1.82, 2.24) is 5.32 Å². The summed E-state index contributed by atoms with van der Waals surface area (Å²) in [6, 6.07) is 3.15.